The lowest BCUT2D eigenvalue weighted by Gasteiger charge is -2.28. The second kappa shape index (κ2) is 7.88. The zero-order valence-electron chi connectivity index (χ0n) is 17.3. The van der Waals surface area contributed by atoms with Crippen LogP contribution in [0.1, 0.15) is 30.7 Å². The maximum absolute atomic E-state index is 13.1. The summed E-state index contributed by atoms with van der Waals surface area (Å²) in [6, 6.07) is -0.229. The number of hydrogen-bond acceptors (Lipinski definition) is 7. The number of hydrogen-bond donors (Lipinski definition) is 0. The molecule has 3 aliphatic rings. The normalized spacial score (nSPS) is 24.8. The number of amides is 1. The number of aromatic nitrogens is 2. The lowest BCUT2D eigenvalue weighted by atomic mass is 10.2. The monoisotopic (exact) mass is 460 g/mol. The number of nitrogens with zero attached hydrogens (tertiary/aromatic N) is 4. The molecule has 0 N–H and O–H groups in total. The van der Waals surface area contributed by atoms with Gasteiger partial charge < -0.3 is 9.64 Å². The SMILES string of the molecule is Cc1nn(CC(=O)N(C2CC2)[C@@H]2CCS(=O)(=O)C2)c(C)c1S(=O)(=O)N1CCOCC1. The first-order valence-corrected chi connectivity index (χ1v) is 13.5. The van der Waals surface area contributed by atoms with Crippen LogP contribution in [0.2, 0.25) is 0 Å². The molecule has 168 valence electrons. The van der Waals surface area contributed by atoms with Crippen molar-refractivity contribution >= 4 is 25.8 Å². The third kappa shape index (κ3) is 4.14. The van der Waals surface area contributed by atoms with Gasteiger partial charge in [-0.15, -0.1) is 0 Å². The van der Waals surface area contributed by atoms with Crippen molar-refractivity contribution in [3.05, 3.63) is 11.4 Å². The summed E-state index contributed by atoms with van der Waals surface area (Å²) in [7, 11) is -6.83. The van der Waals surface area contributed by atoms with Gasteiger partial charge in [-0.05, 0) is 33.1 Å². The Morgan fingerprint density at radius 2 is 1.83 bits per heavy atom. The Morgan fingerprint density at radius 3 is 2.40 bits per heavy atom. The minimum Gasteiger partial charge on any atom is -0.379 e. The van der Waals surface area contributed by atoms with Crippen LogP contribution < -0.4 is 0 Å². The minimum atomic E-state index is -3.73. The Morgan fingerprint density at radius 1 is 1.17 bits per heavy atom. The van der Waals surface area contributed by atoms with Crippen LogP contribution in [0, 0.1) is 13.8 Å². The average molecular weight is 461 g/mol. The van der Waals surface area contributed by atoms with Gasteiger partial charge in [0.25, 0.3) is 0 Å². The summed E-state index contributed by atoms with van der Waals surface area (Å²) < 4.78 is 58.1. The predicted octanol–water partition coefficient (Wildman–Crippen LogP) is -0.301. The molecule has 0 aromatic carbocycles. The number of carbonyl (C=O) groups excluding carboxylic acids is 1. The summed E-state index contributed by atoms with van der Waals surface area (Å²) in [5.74, 6) is -0.0977. The van der Waals surface area contributed by atoms with Gasteiger partial charge in [0, 0.05) is 25.2 Å². The molecule has 2 aliphatic heterocycles. The second-order valence-corrected chi connectivity index (χ2v) is 12.4. The molecule has 0 radical (unpaired) electrons. The Balaban J connectivity index is 1.56. The molecule has 1 atom stereocenters. The van der Waals surface area contributed by atoms with Crippen LogP contribution in [0.4, 0.5) is 0 Å². The number of sulfone groups is 1. The van der Waals surface area contributed by atoms with E-state index in [9.17, 15) is 21.6 Å². The molecule has 30 heavy (non-hydrogen) atoms. The van der Waals surface area contributed by atoms with Crippen LogP contribution in [0.15, 0.2) is 4.90 Å². The van der Waals surface area contributed by atoms with Crippen LogP contribution in [0.5, 0.6) is 0 Å². The Kier molecular flexibility index (Phi) is 5.71. The van der Waals surface area contributed by atoms with E-state index in [-0.39, 0.29) is 54.0 Å². The van der Waals surface area contributed by atoms with Crippen LogP contribution >= 0.6 is 0 Å². The van der Waals surface area contributed by atoms with E-state index in [0.29, 0.717) is 31.0 Å². The second-order valence-electron chi connectivity index (χ2n) is 8.26. The van der Waals surface area contributed by atoms with Crippen LogP contribution in [0.25, 0.3) is 0 Å². The van der Waals surface area contributed by atoms with E-state index in [1.165, 1.54) is 8.99 Å². The van der Waals surface area contributed by atoms with Crippen molar-refractivity contribution < 1.29 is 26.4 Å². The standard InChI is InChI=1S/C18H28N4O6S2/c1-13-18(30(26,27)20-6-8-28-9-7-20)14(2)21(19-13)11-17(23)22(15-3-4-15)16-5-10-29(24,25)12-16/h15-16H,3-12H2,1-2H3/t16-/m1/s1. The van der Waals surface area contributed by atoms with E-state index in [0.717, 1.165) is 12.8 Å². The maximum atomic E-state index is 13.1. The lowest BCUT2D eigenvalue weighted by molar-refractivity contribution is -0.134. The Hall–Kier alpha value is -1.50. The predicted molar refractivity (Wildman–Crippen MR) is 108 cm³/mol. The van der Waals surface area contributed by atoms with Gasteiger partial charge in [-0.1, -0.05) is 0 Å². The molecule has 4 rings (SSSR count). The fraction of sp³-hybridized carbons (Fsp3) is 0.778. The number of ether oxygens (including phenoxy) is 1. The molecule has 3 heterocycles. The molecule has 10 nitrogen and oxygen atoms in total. The molecule has 3 fully saturated rings. The highest BCUT2D eigenvalue weighted by molar-refractivity contribution is 7.91. The van der Waals surface area contributed by atoms with Gasteiger partial charge in [0.05, 0.1) is 36.1 Å². The van der Waals surface area contributed by atoms with Gasteiger partial charge in [0.1, 0.15) is 11.4 Å². The summed E-state index contributed by atoms with van der Waals surface area (Å²) in [5.41, 5.74) is 0.773. The van der Waals surface area contributed by atoms with Gasteiger partial charge in [-0.2, -0.15) is 9.40 Å². The van der Waals surface area contributed by atoms with E-state index < -0.39 is 19.9 Å². The first-order chi connectivity index (χ1) is 14.1. The molecule has 1 saturated carbocycles. The zero-order valence-corrected chi connectivity index (χ0v) is 18.9. The van der Waals surface area contributed by atoms with Gasteiger partial charge in [-0.3, -0.25) is 9.48 Å². The number of rotatable bonds is 6. The third-order valence-corrected chi connectivity index (χ3v) is 9.90. The molecule has 0 spiro atoms. The van der Waals surface area contributed by atoms with Crippen LogP contribution in [-0.4, -0.2) is 91.6 Å². The van der Waals surface area contributed by atoms with Crippen molar-refractivity contribution in [3.63, 3.8) is 0 Å². The van der Waals surface area contributed by atoms with E-state index >= 15 is 0 Å². The van der Waals surface area contributed by atoms with Gasteiger partial charge in [0.2, 0.25) is 15.9 Å². The molecule has 1 aromatic heterocycles. The zero-order chi connectivity index (χ0) is 21.7. The quantitative estimate of drug-likeness (QED) is 0.572. The summed E-state index contributed by atoms with van der Waals surface area (Å²) >= 11 is 0. The summed E-state index contributed by atoms with van der Waals surface area (Å²) in [5, 5.41) is 4.34. The Bertz CT molecular complexity index is 1040. The average Bonchev–Trinajstić information content (AvgIpc) is 3.38. The van der Waals surface area contributed by atoms with Crippen molar-refractivity contribution in [3.8, 4) is 0 Å². The smallest absolute Gasteiger partial charge is 0.246 e. The fourth-order valence-corrected chi connectivity index (χ4v) is 7.88. The summed E-state index contributed by atoms with van der Waals surface area (Å²) in [6.07, 6.45) is 2.20. The lowest BCUT2D eigenvalue weighted by Crippen LogP contribution is -2.44. The topological polar surface area (TPSA) is 119 Å². The van der Waals surface area contributed by atoms with Gasteiger partial charge in [-0.25, -0.2) is 16.8 Å². The minimum absolute atomic E-state index is 0.00299. The highest BCUT2D eigenvalue weighted by atomic mass is 32.2. The van der Waals surface area contributed by atoms with E-state index in [1.54, 1.807) is 18.7 Å². The molecule has 2 saturated heterocycles. The van der Waals surface area contributed by atoms with Crippen LogP contribution in [0.3, 0.4) is 0 Å². The van der Waals surface area contributed by atoms with Crippen molar-refractivity contribution in [1.82, 2.24) is 19.0 Å². The molecule has 1 aromatic rings. The third-order valence-electron chi connectivity index (χ3n) is 6.00. The molecule has 0 unspecified atom stereocenters. The van der Waals surface area contributed by atoms with E-state index in [4.69, 9.17) is 4.74 Å². The largest absolute Gasteiger partial charge is 0.379 e. The van der Waals surface area contributed by atoms with E-state index in [1.807, 2.05) is 0 Å². The summed E-state index contributed by atoms with van der Waals surface area (Å²) in [4.78, 5) is 15.0. The van der Waals surface area contributed by atoms with E-state index in [2.05, 4.69) is 5.10 Å². The number of carbonyl (C=O) groups is 1. The number of aryl methyl sites for hydroxylation is 1. The number of sulfonamides is 1. The maximum Gasteiger partial charge on any atom is 0.246 e. The fourth-order valence-electron chi connectivity index (χ4n) is 4.39. The highest BCUT2D eigenvalue weighted by Crippen LogP contribution is 2.33. The van der Waals surface area contributed by atoms with Crippen LogP contribution in [-0.2, 0) is 35.9 Å². The Labute approximate surface area is 177 Å². The first-order valence-electron chi connectivity index (χ1n) is 10.2. The molecular weight excluding hydrogens is 432 g/mol. The molecular formula is C18H28N4O6S2. The van der Waals surface area contributed by atoms with Gasteiger partial charge >= 0.3 is 0 Å². The van der Waals surface area contributed by atoms with Crippen molar-refractivity contribution in [2.24, 2.45) is 0 Å². The molecule has 1 aliphatic carbocycles. The number of morpholine rings is 1. The first kappa shape index (κ1) is 21.7. The highest BCUT2D eigenvalue weighted by Gasteiger charge is 2.42. The van der Waals surface area contributed by atoms with Gasteiger partial charge in [0.15, 0.2) is 9.84 Å². The van der Waals surface area contributed by atoms with Crippen molar-refractivity contribution in [2.75, 3.05) is 37.8 Å². The molecule has 12 heteroatoms. The molecule has 0 bridgehead atoms. The van der Waals surface area contributed by atoms with Crippen molar-refractivity contribution in [1.29, 1.82) is 0 Å². The molecule has 1 amide bonds. The van der Waals surface area contributed by atoms with Crippen molar-refractivity contribution in [2.45, 2.75) is 56.6 Å². The summed E-state index contributed by atoms with van der Waals surface area (Å²) in [6.45, 7) is 4.47.